The molecule has 0 saturated heterocycles. The highest BCUT2D eigenvalue weighted by molar-refractivity contribution is 4.93. The second-order valence-electron chi connectivity index (χ2n) is 5.07. The van der Waals surface area contributed by atoms with Crippen molar-refractivity contribution in [2.75, 3.05) is 0 Å². The predicted octanol–water partition coefficient (Wildman–Crippen LogP) is 4.49. The highest BCUT2D eigenvalue weighted by Gasteiger charge is 2.44. The summed E-state index contributed by atoms with van der Waals surface area (Å²) >= 11 is 0. The fourth-order valence-corrected chi connectivity index (χ4v) is 2.60. The molecule has 13 heavy (non-hydrogen) atoms. The molecule has 0 spiro atoms. The minimum absolute atomic E-state index is 0.954. The summed E-state index contributed by atoms with van der Waals surface area (Å²) < 4.78 is 0. The third-order valence-corrected chi connectivity index (χ3v) is 4.07. The largest absolute Gasteiger partial charge is 0.0654 e. The van der Waals surface area contributed by atoms with Crippen molar-refractivity contribution in [3.8, 4) is 0 Å². The van der Waals surface area contributed by atoms with E-state index in [0.29, 0.717) is 0 Å². The Morgan fingerprint density at radius 3 is 2.23 bits per heavy atom. The van der Waals surface area contributed by atoms with Crippen molar-refractivity contribution in [3.63, 3.8) is 0 Å². The van der Waals surface area contributed by atoms with Crippen LogP contribution >= 0.6 is 0 Å². The first-order valence-corrected chi connectivity index (χ1v) is 6.20. The smallest absolute Gasteiger partial charge is 0.0355 e. The summed E-state index contributed by atoms with van der Waals surface area (Å²) in [6.07, 6.45) is 7.19. The summed E-state index contributed by atoms with van der Waals surface area (Å²) in [4.78, 5) is 0. The molecule has 1 aliphatic rings. The lowest BCUT2D eigenvalue weighted by Gasteiger charge is -2.06. The van der Waals surface area contributed by atoms with Crippen molar-refractivity contribution >= 4 is 0 Å². The van der Waals surface area contributed by atoms with Gasteiger partial charge in [0.05, 0.1) is 0 Å². The zero-order chi connectivity index (χ0) is 9.84. The van der Waals surface area contributed by atoms with Crippen LogP contribution < -0.4 is 0 Å². The minimum Gasteiger partial charge on any atom is -0.0654 e. The normalized spacial score (nSPS) is 34.6. The topological polar surface area (TPSA) is 0 Å². The van der Waals surface area contributed by atoms with Gasteiger partial charge in [-0.2, -0.15) is 0 Å². The van der Waals surface area contributed by atoms with Crippen molar-refractivity contribution in [1.82, 2.24) is 0 Å². The van der Waals surface area contributed by atoms with Crippen LogP contribution in [0.2, 0.25) is 0 Å². The van der Waals surface area contributed by atoms with E-state index >= 15 is 0 Å². The van der Waals surface area contributed by atoms with Crippen LogP contribution in [-0.4, -0.2) is 0 Å². The van der Waals surface area contributed by atoms with Gasteiger partial charge in [-0.05, 0) is 30.1 Å². The fourth-order valence-electron chi connectivity index (χ4n) is 2.60. The lowest BCUT2D eigenvalue weighted by atomic mass is 10.00. The van der Waals surface area contributed by atoms with Gasteiger partial charge >= 0.3 is 0 Å². The van der Waals surface area contributed by atoms with Crippen LogP contribution in [-0.2, 0) is 0 Å². The Morgan fingerprint density at radius 2 is 1.69 bits per heavy atom. The van der Waals surface area contributed by atoms with Gasteiger partial charge in [-0.15, -0.1) is 0 Å². The van der Waals surface area contributed by atoms with E-state index in [1.807, 2.05) is 0 Å². The molecule has 0 radical (unpaired) electrons. The van der Waals surface area contributed by atoms with Gasteiger partial charge in [0.15, 0.2) is 0 Å². The van der Waals surface area contributed by atoms with Crippen LogP contribution in [0.25, 0.3) is 0 Å². The van der Waals surface area contributed by atoms with Crippen LogP contribution in [0.5, 0.6) is 0 Å². The molecule has 0 aromatic heterocycles. The summed E-state index contributed by atoms with van der Waals surface area (Å²) in [5.74, 6) is 4.18. The molecular formula is C13H26. The van der Waals surface area contributed by atoms with Gasteiger partial charge in [0, 0.05) is 0 Å². The van der Waals surface area contributed by atoms with Crippen LogP contribution in [0, 0.1) is 23.7 Å². The first-order valence-electron chi connectivity index (χ1n) is 6.20. The fraction of sp³-hybridized carbons (Fsp3) is 1.00. The van der Waals surface area contributed by atoms with Crippen molar-refractivity contribution < 1.29 is 0 Å². The molecule has 0 aromatic carbocycles. The van der Waals surface area contributed by atoms with Crippen molar-refractivity contribution in [1.29, 1.82) is 0 Å². The summed E-state index contributed by atoms with van der Waals surface area (Å²) in [5, 5.41) is 0. The van der Waals surface area contributed by atoms with E-state index in [9.17, 15) is 0 Å². The third-order valence-electron chi connectivity index (χ3n) is 4.07. The van der Waals surface area contributed by atoms with Gasteiger partial charge in [-0.1, -0.05) is 53.4 Å². The first-order chi connectivity index (χ1) is 6.20. The highest BCUT2D eigenvalue weighted by atomic mass is 14.5. The molecule has 1 saturated carbocycles. The molecule has 0 bridgehead atoms. The lowest BCUT2D eigenvalue weighted by Crippen LogP contribution is -1.93. The van der Waals surface area contributed by atoms with Crippen LogP contribution in [0.3, 0.4) is 0 Å². The van der Waals surface area contributed by atoms with Gasteiger partial charge in [0.1, 0.15) is 0 Å². The molecule has 0 aromatic rings. The molecule has 0 heteroatoms. The molecule has 0 amide bonds. The first kappa shape index (κ1) is 11.1. The lowest BCUT2D eigenvalue weighted by molar-refractivity contribution is 0.457. The van der Waals surface area contributed by atoms with E-state index < -0.39 is 0 Å². The summed E-state index contributed by atoms with van der Waals surface area (Å²) in [6, 6.07) is 0. The monoisotopic (exact) mass is 182 g/mol. The molecule has 4 atom stereocenters. The Hall–Kier alpha value is 0. The molecule has 0 N–H and O–H groups in total. The SMILES string of the molecule is CCCC1C(C)C1CCC(C)CC. The van der Waals surface area contributed by atoms with Gasteiger partial charge in [-0.25, -0.2) is 0 Å². The quantitative estimate of drug-likeness (QED) is 0.567. The van der Waals surface area contributed by atoms with Gasteiger partial charge in [-0.3, -0.25) is 0 Å². The van der Waals surface area contributed by atoms with E-state index in [4.69, 9.17) is 0 Å². The van der Waals surface area contributed by atoms with Gasteiger partial charge in [0.25, 0.3) is 0 Å². The molecule has 0 heterocycles. The predicted molar refractivity (Wildman–Crippen MR) is 59.7 cm³/mol. The minimum atomic E-state index is 0.954. The number of hydrogen-bond donors (Lipinski definition) is 0. The number of hydrogen-bond acceptors (Lipinski definition) is 0. The van der Waals surface area contributed by atoms with Crippen molar-refractivity contribution in [3.05, 3.63) is 0 Å². The molecule has 4 unspecified atom stereocenters. The molecule has 0 aliphatic heterocycles. The van der Waals surface area contributed by atoms with E-state index in [-0.39, 0.29) is 0 Å². The van der Waals surface area contributed by atoms with Crippen LogP contribution in [0.15, 0.2) is 0 Å². The van der Waals surface area contributed by atoms with E-state index in [1.165, 1.54) is 32.1 Å². The maximum atomic E-state index is 2.45. The Morgan fingerprint density at radius 1 is 1.08 bits per heavy atom. The van der Waals surface area contributed by atoms with Gasteiger partial charge < -0.3 is 0 Å². The van der Waals surface area contributed by atoms with Crippen molar-refractivity contribution in [2.24, 2.45) is 23.7 Å². The van der Waals surface area contributed by atoms with Crippen LogP contribution in [0.1, 0.15) is 59.8 Å². The summed E-state index contributed by atoms with van der Waals surface area (Å²) in [6.45, 7) is 9.46. The van der Waals surface area contributed by atoms with E-state index in [1.54, 1.807) is 0 Å². The molecule has 1 rings (SSSR count). The average molecular weight is 182 g/mol. The zero-order valence-electron chi connectivity index (χ0n) is 9.84. The molecule has 78 valence electrons. The molecule has 0 nitrogen and oxygen atoms in total. The maximum absolute atomic E-state index is 2.45. The standard InChI is InChI=1S/C13H26/c1-5-7-12-11(4)13(12)9-8-10(3)6-2/h10-13H,5-9H2,1-4H3. The molecule has 1 fully saturated rings. The molecule has 1 aliphatic carbocycles. The second-order valence-corrected chi connectivity index (χ2v) is 5.07. The number of rotatable bonds is 6. The Kier molecular flexibility index (Phi) is 4.28. The third kappa shape index (κ3) is 3.00. The summed E-state index contributed by atoms with van der Waals surface area (Å²) in [5.41, 5.74) is 0. The maximum Gasteiger partial charge on any atom is -0.0355 e. The average Bonchev–Trinajstić information content (AvgIpc) is 2.73. The van der Waals surface area contributed by atoms with Gasteiger partial charge in [0.2, 0.25) is 0 Å². The molecular weight excluding hydrogens is 156 g/mol. The van der Waals surface area contributed by atoms with Crippen molar-refractivity contribution in [2.45, 2.75) is 59.8 Å². The highest BCUT2D eigenvalue weighted by Crippen LogP contribution is 2.51. The zero-order valence-corrected chi connectivity index (χ0v) is 9.84. The second kappa shape index (κ2) is 5.02. The Balaban J connectivity index is 2.10. The Bertz CT molecular complexity index is 139. The van der Waals surface area contributed by atoms with E-state index in [0.717, 1.165) is 23.7 Å². The summed E-state index contributed by atoms with van der Waals surface area (Å²) in [7, 11) is 0. The Labute approximate surface area is 84.1 Å². The van der Waals surface area contributed by atoms with Crippen LogP contribution in [0.4, 0.5) is 0 Å². The van der Waals surface area contributed by atoms with E-state index in [2.05, 4.69) is 27.7 Å².